The summed E-state index contributed by atoms with van der Waals surface area (Å²) >= 11 is 0. The van der Waals surface area contributed by atoms with E-state index in [-0.39, 0.29) is 30.5 Å². The summed E-state index contributed by atoms with van der Waals surface area (Å²) in [5.41, 5.74) is 2.32. The van der Waals surface area contributed by atoms with Crippen LogP contribution in [0.2, 0.25) is 0 Å². The zero-order valence-corrected chi connectivity index (χ0v) is 20.5. The van der Waals surface area contributed by atoms with Crippen molar-refractivity contribution in [2.45, 2.75) is 58.7 Å². The average Bonchev–Trinajstić information content (AvgIpc) is 3.48. The molecule has 0 radical (unpaired) electrons. The number of aryl methyl sites for hydroxylation is 1. The number of benzene rings is 2. The number of nitrogens with one attached hydrogen (secondary N) is 1. The van der Waals surface area contributed by atoms with Crippen molar-refractivity contribution in [3.05, 3.63) is 71.7 Å². The van der Waals surface area contributed by atoms with Crippen molar-refractivity contribution in [3.8, 4) is 17.3 Å². The van der Waals surface area contributed by atoms with Crippen LogP contribution in [0, 0.1) is 5.82 Å². The van der Waals surface area contributed by atoms with Gasteiger partial charge >= 0.3 is 6.03 Å². The maximum Gasteiger partial charge on any atom is 0.317 e. The number of carbonyl (C=O) groups excluding carboxylic acids is 1. The molecule has 35 heavy (non-hydrogen) atoms. The lowest BCUT2D eigenvalue weighted by atomic mass is 10.1. The predicted molar refractivity (Wildman–Crippen MR) is 132 cm³/mol. The minimum atomic E-state index is -0.467. The Morgan fingerprint density at radius 3 is 2.63 bits per heavy atom. The fourth-order valence-corrected chi connectivity index (χ4v) is 4.18. The molecule has 0 aliphatic carbocycles. The number of halogens is 1. The molecule has 0 bridgehead atoms. The van der Waals surface area contributed by atoms with Crippen molar-refractivity contribution >= 4 is 6.03 Å². The van der Waals surface area contributed by atoms with E-state index in [1.54, 1.807) is 27.8 Å². The molecular weight excluding hydrogens is 447 g/mol. The number of para-hydroxylation sites is 2. The Morgan fingerprint density at radius 2 is 1.97 bits per heavy atom. The summed E-state index contributed by atoms with van der Waals surface area (Å²) in [5.74, 6) is 0.0321. The van der Waals surface area contributed by atoms with E-state index >= 15 is 0 Å². The Kier molecular flexibility index (Phi) is 8.02. The standard InChI is InChI=1S/C27H33FN4O3/c1-4-24-22(18-31(27(33)29-19(2)3)17-21-13-10-16-34-21)26(35-25-15-9-8-14-23(25)28)32(30-24)20-11-6-5-7-12-20/h5-9,11-12,14-15,19,21H,4,10,13,16-18H2,1-3H3,(H,29,33)/t21-/m0/s1. The first-order valence-corrected chi connectivity index (χ1v) is 12.2. The lowest BCUT2D eigenvalue weighted by Gasteiger charge is -2.27. The highest BCUT2D eigenvalue weighted by atomic mass is 19.1. The van der Waals surface area contributed by atoms with Crippen molar-refractivity contribution in [3.63, 3.8) is 0 Å². The summed E-state index contributed by atoms with van der Waals surface area (Å²) in [7, 11) is 0. The molecule has 2 amide bonds. The van der Waals surface area contributed by atoms with Crippen molar-refractivity contribution in [2.24, 2.45) is 0 Å². The number of aromatic nitrogens is 2. The minimum absolute atomic E-state index is 0.0127. The van der Waals surface area contributed by atoms with E-state index in [1.807, 2.05) is 51.1 Å². The van der Waals surface area contributed by atoms with Crippen LogP contribution in [0.4, 0.5) is 9.18 Å². The van der Waals surface area contributed by atoms with Gasteiger partial charge in [-0.05, 0) is 57.4 Å². The van der Waals surface area contributed by atoms with Gasteiger partial charge in [-0.3, -0.25) is 0 Å². The molecule has 186 valence electrons. The Bertz CT molecular complexity index is 1130. The van der Waals surface area contributed by atoms with E-state index in [4.69, 9.17) is 14.6 Å². The predicted octanol–water partition coefficient (Wildman–Crippen LogP) is 5.47. The van der Waals surface area contributed by atoms with E-state index in [0.29, 0.717) is 25.5 Å². The number of rotatable bonds is 9. The molecule has 1 N–H and O–H groups in total. The van der Waals surface area contributed by atoms with Crippen LogP contribution in [-0.4, -0.2) is 46.0 Å². The summed E-state index contributed by atoms with van der Waals surface area (Å²) in [4.78, 5) is 14.9. The highest BCUT2D eigenvalue weighted by molar-refractivity contribution is 5.74. The summed E-state index contributed by atoms with van der Waals surface area (Å²) in [6.45, 7) is 7.29. The molecule has 1 aliphatic heterocycles. The van der Waals surface area contributed by atoms with E-state index < -0.39 is 5.82 Å². The van der Waals surface area contributed by atoms with Crippen molar-refractivity contribution in [1.29, 1.82) is 0 Å². The molecule has 7 nitrogen and oxygen atoms in total. The zero-order valence-electron chi connectivity index (χ0n) is 20.5. The minimum Gasteiger partial charge on any atom is -0.435 e. The first-order chi connectivity index (χ1) is 17.0. The van der Waals surface area contributed by atoms with Crippen molar-refractivity contribution in [1.82, 2.24) is 20.0 Å². The second-order valence-corrected chi connectivity index (χ2v) is 8.98. The third kappa shape index (κ3) is 6.00. The molecule has 1 atom stereocenters. The topological polar surface area (TPSA) is 68.6 Å². The third-order valence-corrected chi connectivity index (χ3v) is 5.89. The first-order valence-electron chi connectivity index (χ1n) is 12.2. The Morgan fingerprint density at radius 1 is 1.23 bits per heavy atom. The second kappa shape index (κ2) is 11.4. The van der Waals surface area contributed by atoms with Crippen molar-refractivity contribution in [2.75, 3.05) is 13.2 Å². The van der Waals surface area contributed by atoms with E-state index in [2.05, 4.69) is 5.32 Å². The zero-order chi connectivity index (χ0) is 24.8. The number of nitrogens with zero attached hydrogens (tertiary/aromatic N) is 3. The molecule has 2 heterocycles. The lowest BCUT2D eigenvalue weighted by Crippen LogP contribution is -2.45. The molecule has 2 aromatic carbocycles. The van der Waals surface area contributed by atoms with E-state index in [9.17, 15) is 9.18 Å². The number of urea groups is 1. The molecule has 8 heteroatoms. The molecule has 0 saturated carbocycles. The molecule has 1 saturated heterocycles. The Balaban J connectivity index is 1.76. The van der Waals surface area contributed by atoms with Crippen LogP contribution in [0.25, 0.3) is 5.69 Å². The SMILES string of the molecule is CCc1nn(-c2ccccc2)c(Oc2ccccc2F)c1CN(C[C@@H]1CCCO1)C(=O)NC(C)C. The van der Waals surface area contributed by atoms with Gasteiger partial charge in [0.2, 0.25) is 5.88 Å². The van der Waals surface area contributed by atoms with Gasteiger partial charge in [0.1, 0.15) is 0 Å². The van der Waals surface area contributed by atoms with Gasteiger partial charge in [-0.1, -0.05) is 37.3 Å². The monoisotopic (exact) mass is 480 g/mol. The van der Waals surface area contributed by atoms with Gasteiger partial charge in [-0.15, -0.1) is 0 Å². The third-order valence-electron chi connectivity index (χ3n) is 5.89. The van der Waals surface area contributed by atoms with Crippen LogP contribution in [0.1, 0.15) is 44.9 Å². The van der Waals surface area contributed by atoms with E-state index in [0.717, 1.165) is 29.8 Å². The van der Waals surface area contributed by atoms with Crippen LogP contribution in [-0.2, 0) is 17.7 Å². The molecule has 1 fully saturated rings. The van der Waals surface area contributed by atoms with Crippen LogP contribution in [0.15, 0.2) is 54.6 Å². The van der Waals surface area contributed by atoms with Crippen LogP contribution < -0.4 is 10.1 Å². The number of hydrogen-bond acceptors (Lipinski definition) is 4. The highest BCUT2D eigenvalue weighted by Crippen LogP contribution is 2.33. The first kappa shape index (κ1) is 24.7. The van der Waals surface area contributed by atoms with Gasteiger partial charge in [0, 0.05) is 19.2 Å². The number of hydrogen-bond donors (Lipinski definition) is 1. The van der Waals surface area contributed by atoms with E-state index in [1.165, 1.54) is 6.07 Å². The van der Waals surface area contributed by atoms with Gasteiger partial charge < -0.3 is 19.7 Å². The maximum atomic E-state index is 14.6. The Labute approximate surface area is 205 Å². The Hall–Kier alpha value is -3.39. The number of amides is 2. The van der Waals surface area contributed by atoms with Crippen LogP contribution >= 0.6 is 0 Å². The fourth-order valence-electron chi connectivity index (χ4n) is 4.18. The van der Waals surface area contributed by atoms with Gasteiger partial charge in [-0.25, -0.2) is 13.9 Å². The largest absolute Gasteiger partial charge is 0.435 e. The van der Waals surface area contributed by atoms with Gasteiger partial charge in [0.05, 0.1) is 29.6 Å². The highest BCUT2D eigenvalue weighted by Gasteiger charge is 2.28. The fraction of sp³-hybridized carbons (Fsp3) is 0.407. The molecule has 4 rings (SSSR count). The van der Waals surface area contributed by atoms with Crippen LogP contribution in [0.3, 0.4) is 0 Å². The molecular formula is C27H33FN4O3. The molecule has 1 aromatic heterocycles. The molecule has 0 spiro atoms. The number of carbonyl (C=O) groups is 1. The maximum absolute atomic E-state index is 14.6. The number of ether oxygens (including phenoxy) is 2. The smallest absolute Gasteiger partial charge is 0.317 e. The van der Waals surface area contributed by atoms with Gasteiger partial charge in [0.25, 0.3) is 0 Å². The van der Waals surface area contributed by atoms with Gasteiger partial charge in [0.15, 0.2) is 11.6 Å². The van der Waals surface area contributed by atoms with Crippen LogP contribution in [0.5, 0.6) is 11.6 Å². The second-order valence-electron chi connectivity index (χ2n) is 8.98. The normalized spacial score (nSPS) is 15.4. The van der Waals surface area contributed by atoms with Gasteiger partial charge in [-0.2, -0.15) is 5.10 Å². The summed E-state index contributed by atoms with van der Waals surface area (Å²) < 4.78 is 28.3. The molecule has 1 aliphatic rings. The van der Waals surface area contributed by atoms with Crippen molar-refractivity contribution < 1.29 is 18.7 Å². The lowest BCUT2D eigenvalue weighted by molar-refractivity contribution is 0.0788. The quantitative estimate of drug-likeness (QED) is 0.441. The molecule has 0 unspecified atom stereocenters. The average molecular weight is 481 g/mol. The summed E-state index contributed by atoms with van der Waals surface area (Å²) in [6.07, 6.45) is 2.51. The summed E-state index contributed by atoms with van der Waals surface area (Å²) in [5, 5.41) is 7.80. The summed E-state index contributed by atoms with van der Waals surface area (Å²) in [6, 6.07) is 15.7. The molecule has 3 aromatic rings.